The lowest BCUT2D eigenvalue weighted by molar-refractivity contribution is 0.233. The van der Waals surface area contributed by atoms with Crippen molar-refractivity contribution in [1.82, 2.24) is 0 Å². The molecule has 3 N–H and O–H groups in total. The van der Waals surface area contributed by atoms with Crippen LogP contribution in [0.3, 0.4) is 0 Å². The molecule has 0 saturated heterocycles. The van der Waals surface area contributed by atoms with E-state index in [0.717, 1.165) is 43.4 Å². The maximum atomic E-state index is 11.0. The van der Waals surface area contributed by atoms with Gasteiger partial charge >= 0.3 is 0 Å². The SMILES string of the molecule is CCCCCCCC(C)(C)c1cc(O)c(C2CCCC(N)C2)c(OC(C)C)c1. The monoisotopic (exact) mass is 389 g/mol. The average Bonchev–Trinajstić information content (AvgIpc) is 2.60. The molecule has 0 spiro atoms. The maximum absolute atomic E-state index is 11.0. The first-order chi connectivity index (χ1) is 13.2. The van der Waals surface area contributed by atoms with E-state index < -0.39 is 0 Å². The van der Waals surface area contributed by atoms with Gasteiger partial charge in [-0.3, -0.25) is 0 Å². The van der Waals surface area contributed by atoms with E-state index in [1.54, 1.807) is 0 Å². The molecule has 1 aromatic rings. The summed E-state index contributed by atoms with van der Waals surface area (Å²) < 4.78 is 6.21. The Morgan fingerprint density at radius 2 is 1.86 bits per heavy atom. The van der Waals surface area contributed by atoms with Gasteiger partial charge in [0.05, 0.1) is 6.10 Å². The van der Waals surface area contributed by atoms with E-state index in [0.29, 0.717) is 11.7 Å². The van der Waals surface area contributed by atoms with Gasteiger partial charge in [-0.1, -0.05) is 59.3 Å². The normalized spacial score (nSPS) is 20.5. The molecule has 2 unspecified atom stereocenters. The van der Waals surface area contributed by atoms with E-state index in [9.17, 15) is 5.11 Å². The lowest BCUT2D eigenvalue weighted by atomic mass is 9.76. The highest BCUT2D eigenvalue weighted by molar-refractivity contribution is 5.51. The van der Waals surface area contributed by atoms with Crippen LogP contribution in [0.4, 0.5) is 0 Å². The van der Waals surface area contributed by atoms with Crippen molar-refractivity contribution in [3.63, 3.8) is 0 Å². The Labute approximate surface area is 173 Å². The molecular weight excluding hydrogens is 346 g/mol. The zero-order valence-electron chi connectivity index (χ0n) is 18.9. The van der Waals surface area contributed by atoms with E-state index >= 15 is 0 Å². The molecule has 0 aliphatic heterocycles. The van der Waals surface area contributed by atoms with Crippen LogP contribution in [-0.2, 0) is 5.41 Å². The molecule has 2 rings (SSSR count). The Kier molecular flexibility index (Phi) is 8.67. The second kappa shape index (κ2) is 10.5. The number of hydrogen-bond acceptors (Lipinski definition) is 3. The van der Waals surface area contributed by atoms with Gasteiger partial charge in [0.2, 0.25) is 0 Å². The molecule has 0 heterocycles. The topological polar surface area (TPSA) is 55.5 Å². The molecule has 160 valence electrons. The molecule has 0 aromatic heterocycles. The number of ether oxygens (including phenoxy) is 1. The summed E-state index contributed by atoms with van der Waals surface area (Å²) in [7, 11) is 0. The number of unbranched alkanes of at least 4 members (excludes halogenated alkanes) is 4. The summed E-state index contributed by atoms with van der Waals surface area (Å²) in [6, 6.07) is 4.42. The fraction of sp³-hybridized carbons (Fsp3) is 0.760. The predicted molar refractivity (Wildman–Crippen MR) is 119 cm³/mol. The largest absolute Gasteiger partial charge is 0.508 e. The highest BCUT2D eigenvalue weighted by Gasteiger charge is 2.29. The molecule has 3 nitrogen and oxygen atoms in total. The highest BCUT2D eigenvalue weighted by atomic mass is 16.5. The minimum absolute atomic E-state index is 0.0281. The standard InChI is InChI=1S/C25H43NO2/c1-6-7-8-9-10-14-25(4,5)20-16-22(27)24(23(17-20)28-18(2)3)19-12-11-13-21(26)15-19/h16-19,21,27H,6-15,26H2,1-5H3. The van der Waals surface area contributed by atoms with Crippen LogP contribution in [0.1, 0.15) is 116 Å². The first-order valence-corrected chi connectivity index (χ1v) is 11.5. The molecule has 0 bridgehead atoms. The molecule has 1 aliphatic rings. The van der Waals surface area contributed by atoms with Crippen LogP contribution in [-0.4, -0.2) is 17.3 Å². The summed E-state index contributed by atoms with van der Waals surface area (Å²) >= 11 is 0. The third kappa shape index (κ3) is 6.40. The highest BCUT2D eigenvalue weighted by Crippen LogP contribution is 2.45. The van der Waals surface area contributed by atoms with Gasteiger partial charge in [-0.05, 0) is 68.6 Å². The second-order valence-electron chi connectivity index (χ2n) is 9.75. The fourth-order valence-corrected chi connectivity index (χ4v) is 4.57. The summed E-state index contributed by atoms with van der Waals surface area (Å²) in [6.07, 6.45) is 11.9. The lowest BCUT2D eigenvalue weighted by Gasteiger charge is -2.32. The van der Waals surface area contributed by atoms with Gasteiger partial charge in [-0.15, -0.1) is 0 Å². The summed E-state index contributed by atoms with van der Waals surface area (Å²) in [4.78, 5) is 0. The second-order valence-corrected chi connectivity index (χ2v) is 9.75. The van der Waals surface area contributed by atoms with E-state index in [-0.39, 0.29) is 17.6 Å². The Bertz CT molecular complexity index is 609. The number of benzene rings is 1. The van der Waals surface area contributed by atoms with Gasteiger partial charge in [0, 0.05) is 11.6 Å². The van der Waals surface area contributed by atoms with Crippen LogP contribution < -0.4 is 10.5 Å². The number of phenols is 1. The van der Waals surface area contributed by atoms with Crippen molar-refractivity contribution < 1.29 is 9.84 Å². The third-order valence-electron chi connectivity index (χ3n) is 6.29. The number of phenolic OH excluding ortho intramolecular Hbond substituents is 1. The Morgan fingerprint density at radius 1 is 1.14 bits per heavy atom. The van der Waals surface area contributed by atoms with E-state index in [1.165, 1.54) is 37.7 Å². The number of hydrogen-bond donors (Lipinski definition) is 2. The van der Waals surface area contributed by atoms with Crippen molar-refractivity contribution >= 4 is 0 Å². The minimum Gasteiger partial charge on any atom is -0.508 e. The quantitative estimate of drug-likeness (QED) is 0.432. The van der Waals surface area contributed by atoms with Crippen molar-refractivity contribution in [3.8, 4) is 11.5 Å². The van der Waals surface area contributed by atoms with Crippen molar-refractivity contribution in [2.45, 2.75) is 122 Å². The van der Waals surface area contributed by atoms with E-state index in [1.807, 2.05) is 6.07 Å². The number of nitrogens with two attached hydrogens (primary N) is 1. The molecule has 1 aliphatic carbocycles. The van der Waals surface area contributed by atoms with Gasteiger partial charge in [-0.2, -0.15) is 0 Å². The van der Waals surface area contributed by atoms with Crippen LogP contribution in [0.15, 0.2) is 12.1 Å². The molecular formula is C25H43NO2. The zero-order valence-corrected chi connectivity index (χ0v) is 18.9. The van der Waals surface area contributed by atoms with Crippen LogP contribution in [0, 0.1) is 0 Å². The molecule has 28 heavy (non-hydrogen) atoms. The van der Waals surface area contributed by atoms with Crippen LogP contribution in [0.2, 0.25) is 0 Å². The van der Waals surface area contributed by atoms with Crippen molar-refractivity contribution in [2.75, 3.05) is 0 Å². The maximum Gasteiger partial charge on any atom is 0.127 e. The van der Waals surface area contributed by atoms with Crippen molar-refractivity contribution in [2.24, 2.45) is 5.73 Å². The summed E-state index contributed by atoms with van der Waals surface area (Å²) in [5.74, 6) is 1.55. The predicted octanol–water partition coefficient (Wildman–Crippen LogP) is 6.80. The van der Waals surface area contributed by atoms with Gasteiger partial charge < -0.3 is 15.6 Å². The van der Waals surface area contributed by atoms with Crippen LogP contribution >= 0.6 is 0 Å². The summed E-state index contributed by atoms with van der Waals surface area (Å²) in [6.45, 7) is 10.9. The molecule has 1 fully saturated rings. The Balaban J connectivity index is 2.25. The van der Waals surface area contributed by atoms with Crippen LogP contribution in [0.5, 0.6) is 11.5 Å². The zero-order chi connectivity index (χ0) is 20.7. The minimum atomic E-state index is 0.0281. The smallest absolute Gasteiger partial charge is 0.127 e. The van der Waals surface area contributed by atoms with E-state index in [2.05, 4.69) is 40.7 Å². The Hall–Kier alpha value is -1.22. The summed E-state index contributed by atoms with van der Waals surface area (Å²) in [5.41, 5.74) is 8.42. The lowest BCUT2D eigenvalue weighted by Crippen LogP contribution is -2.27. The van der Waals surface area contributed by atoms with Gasteiger partial charge in [0.15, 0.2) is 0 Å². The van der Waals surface area contributed by atoms with Gasteiger partial charge in [0.25, 0.3) is 0 Å². The molecule has 0 amide bonds. The average molecular weight is 390 g/mol. The first kappa shape index (κ1) is 23.1. The number of aromatic hydroxyl groups is 1. The molecule has 1 saturated carbocycles. The Morgan fingerprint density at radius 3 is 2.50 bits per heavy atom. The third-order valence-corrected chi connectivity index (χ3v) is 6.29. The first-order valence-electron chi connectivity index (χ1n) is 11.5. The van der Waals surface area contributed by atoms with Gasteiger partial charge in [-0.25, -0.2) is 0 Å². The van der Waals surface area contributed by atoms with E-state index in [4.69, 9.17) is 10.5 Å². The fourth-order valence-electron chi connectivity index (χ4n) is 4.57. The number of rotatable bonds is 10. The molecule has 1 aromatic carbocycles. The molecule has 0 radical (unpaired) electrons. The van der Waals surface area contributed by atoms with Gasteiger partial charge in [0.1, 0.15) is 11.5 Å². The molecule has 2 atom stereocenters. The van der Waals surface area contributed by atoms with Crippen molar-refractivity contribution in [3.05, 3.63) is 23.3 Å². The molecule has 3 heteroatoms. The summed E-state index contributed by atoms with van der Waals surface area (Å²) in [5, 5.41) is 11.0. The van der Waals surface area contributed by atoms with Crippen molar-refractivity contribution in [1.29, 1.82) is 0 Å². The van der Waals surface area contributed by atoms with Crippen LogP contribution in [0.25, 0.3) is 0 Å².